The van der Waals surface area contributed by atoms with Crippen molar-refractivity contribution in [3.8, 4) is 17.0 Å². The Morgan fingerprint density at radius 2 is 1.97 bits per heavy atom. The van der Waals surface area contributed by atoms with Gasteiger partial charge < -0.3 is 9.15 Å². The van der Waals surface area contributed by atoms with E-state index in [2.05, 4.69) is 51.9 Å². The average Bonchev–Trinajstić information content (AvgIpc) is 3.46. The summed E-state index contributed by atoms with van der Waals surface area (Å²) in [6.07, 6.45) is 2.95. The molecule has 4 aromatic rings. The molecule has 0 saturated heterocycles. The molecule has 0 spiro atoms. The lowest BCUT2D eigenvalue weighted by atomic mass is 10.1. The van der Waals surface area contributed by atoms with Crippen LogP contribution in [0, 0.1) is 6.92 Å². The molecular formula is C23H20N4O3. The number of aromatic amines is 1. The van der Waals surface area contributed by atoms with Crippen LogP contribution in [0.25, 0.3) is 11.3 Å². The largest absolute Gasteiger partial charge is 0.489 e. The van der Waals surface area contributed by atoms with Crippen molar-refractivity contribution in [1.82, 2.24) is 15.6 Å². The molecule has 0 unspecified atom stereocenters. The predicted octanol–water partition coefficient (Wildman–Crippen LogP) is 4.32. The predicted molar refractivity (Wildman–Crippen MR) is 113 cm³/mol. The number of nitrogens with zero attached hydrogens (tertiary/aromatic N) is 2. The van der Waals surface area contributed by atoms with Gasteiger partial charge in [-0.15, -0.1) is 0 Å². The molecule has 2 heterocycles. The molecule has 30 heavy (non-hydrogen) atoms. The highest BCUT2D eigenvalue weighted by Crippen LogP contribution is 2.22. The third kappa shape index (κ3) is 4.82. The van der Waals surface area contributed by atoms with Crippen LogP contribution in [0.15, 0.2) is 82.5 Å². The zero-order chi connectivity index (χ0) is 20.8. The summed E-state index contributed by atoms with van der Waals surface area (Å²) < 4.78 is 10.9. The van der Waals surface area contributed by atoms with E-state index < -0.39 is 5.91 Å². The number of hydrogen-bond donors (Lipinski definition) is 2. The van der Waals surface area contributed by atoms with E-state index in [-0.39, 0.29) is 0 Å². The molecule has 2 aromatic heterocycles. The lowest BCUT2D eigenvalue weighted by Gasteiger charge is -2.07. The number of H-pyrrole nitrogens is 1. The van der Waals surface area contributed by atoms with Crippen LogP contribution in [-0.4, -0.2) is 22.3 Å². The average molecular weight is 400 g/mol. The summed E-state index contributed by atoms with van der Waals surface area (Å²) in [5.74, 6) is 0.917. The third-order valence-electron chi connectivity index (χ3n) is 4.40. The lowest BCUT2D eigenvalue weighted by Crippen LogP contribution is -2.17. The standard InChI is InChI=1S/C23H20N4O3/c1-16-4-6-17(7-5-16)15-30-19-10-8-18(9-11-19)21-13-22(26-25-21)23(28)27-24-14-20-3-2-12-29-20/h2-14H,15H2,1H3,(H,25,26)(H,27,28)/b24-14-. The molecule has 4 rings (SSSR count). The highest BCUT2D eigenvalue weighted by molar-refractivity contribution is 5.93. The molecule has 0 aliphatic rings. The minimum absolute atomic E-state index is 0.307. The van der Waals surface area contributed by atoms with Gasteiger partial charge in [0, 0.05) is 5.56 Å². The van der Waals surface area contributed by atoms with E-state index in [4.69, 9.17) is 9.15 Å². The molecule has 1 amide bonds. The molecule has 2 N–H and O–H groups in total. The first-order chi connectivity index (χ1) is 14.7. The van der Waals surface area contributed by atoms with Gasteiger partial charge in [0.1, 0.15) is 23.8 Å². The van der Waals surface area contributed by atoms with Crippen molar-refractivity contribution in [2.75, 3.05) is 0 Å². The maximum atomic E-state index is 12.2. The Labute approximate surface area is 173 Å². The Hall–Kier alpha value is -4.13. The molecule has 0 fully saturated rings. The van der Waals surface area contributed by atoms with E-state index >= 15 is 0 Å². The van der Waals surface area contributed by atoms with Gasteiger partial charge in [-0.25, -0.2) is 5.43 Å². The van der Waals surface area contributed by atoms with E-state index in [1.54, 1.807) is 18.2 Å². The highest BCUT2D eigenvalue weighted by Gasteiger charge is 2.10. The number of carbonyl (C=O) groups is 1. The second kappa shape index (κ2) is 8.91. The molecule has 0 atom stereocenters. The summed E-state index contributed by atoms with van der Waals surface area (Å²) in [6.45, 7) is 2.56. The second-order valence-corrected chi connectivity index (χ2v) is 6.68. The molecule has 0 saturated carbocycles. The number of nitrogens with one attached hydrogen (secondary N) is 2. The molecule has 150 valence electrons. The van der Waals surface area contributed by atoms with Crippen molar-refractivity contribution in [3.05, 3.63) is 95.6 Å². The number of aromatic nitrogens is 2. The zero-order valence-corrected chi connectivity index (χ0v) is 16.3. The van der Waals surface area contributed by atoms with Crippen LogP contribution in [-0.2, 0) is 6.61 Å². The van der Waals surface area contributed by atoms with Gasteiger partial charge in [0.15, 0.2) is 0 Å². The van der Waals surface area contributed by atoms with Gasteiger partial charge in [0.05, 0.1) is 18.2 Å². The zero-order valence-electron chi connectivity index (χ0n) is 16.3. The van der Waals surface area contributed by atoms with Crippen LogP contribution < -0.4 is 10.2 Å². The number of ether oxygens (including phenoxy) is 1. The van der Waals surface area contributed by atoms with Gasteiger partial charge >= 0.3 is 0 Å². The molecule has 0 aliphatic carbocycles. The van der Waals surface area contributed by atoms with Gasteiger partial charge in [-0.1, -0.05) is 29.8 Å². The molecule has 0 aliphatic heterocycles. The Balaban J connectivity index is 1.34. The summed E-state index contributed by atoms with van der Waals surface area (Å²) in [6, 6.07) is 20.9. The van der Waals surface area contributed by atoms with Crippen LogP contribution in [0.3, 0.4) is 0 Å². The van der Waals surface area contributed by atoms with E-state index in [1.807, 2.05) is 24.3 Å². The Morgan fingerprint density at radius 3 is 2.70 bits per heavy atom. The number of amides is 1. The van der Waals surface area contributed by atoms with Crippen LogP contribution >= 0.6 is 0 Å². The SMILES string of the molecule is Cc1ccc(COc2ccc(-c3cc(C(=O)N/N=C\c4ccco4)[nH]n3)cc2)cc1. The van der Waals surface area contributed by atoms with Crippen molar-refractivity contribution in [2.24, 2.45) is 5.10 Å². The van der Waals surface area contributed by atoms with E-state index in [1.165, 1.54) is 18.0 Å². The number of rotatable bonds is 7. The summed E-state index contributed by atoms with van der Waals surface area (Å²) in [7, 11) is 0. The first kappa shape index (κ1) is 19.2. The first-order valence-corrected chi connectivity index (χ1v) is 9.38. The normalized spacial score (nSPS) is 11.0. The Bertz CT molecular complexity index is 1130. The highest BCUT2D eigenvalue weighted by atomic mass is 16.5. The maximum Gasteiger partial charge on any atom is 0.289 e. The maximum absolute atomic E-state index is 12.2. The summed E-state index contributed by atoms with van der Waals surface area (Å²) in [4.78, 5) is 12.2. The molecule has 7 heteroatoms. The van der Waals surface area contributed by atoms with Gasteiger partial charge in [0.25, 0.3) is 5.91 Å². The second-order valence-electron chi connectivity index (χ2n) is 6.68. The van der Waals surface area contributed by atoms with Crippen molar-refractivity contribution in [1.29, 1.82) is 0 Å². The number of benzene rings is 2. The quantitative estimate of drug-likeness (QED) is 0.357. The molecular weight excluding hydrogens is 380 g/mol. The van der Waals surface area contributed by atoms with Crippen LogP contribution in [0.4, 0.5) is 0 Å². The fourth-order valence-electron chi connectivity index (χ4n) is 2.74. The fourth-order valence-corrected chi connectivity index (χ4v) is 2.74. The smallest absolute Gasteiger partial charge is 0.289 e. The van der Waals surface area contributed by atoms with Crippen LogP contribution in [0.5, 0.6) is 5.75 Å². The minimum Gasteiger partial charge on any atom is -0.489 e. The fraction of sp³-hybridized carbons (Fsp3) is 0.0870. The summed E-state index contributed by atoms with van der Waals surface area (Å²) in [5, 5.41) is 10.8. The topological polar surface area (TPSA) is 92.5 Å². The third-order valence-corrected chi connectivity index (χ3v) is 4.40. The Morgan fingerprint density at radius 1 is 1.17 bits per heavy atom. The molecule has 7 nitrogen and oxygen atoms in total. The van der Waals surface area contributed by atoms with Crippen LogP contribution in [0.2, 0.25) is 0 Å². The van der Waals surface area contributed by atoms with Gasteiger partial charge in [-0.2, -0.15) is 10.2 Å². The monoisotopic (exact) mass is 400 g/mol. The van der Waals surface area contributed by atoms with Crippen molar-refractivity contribution in [2.45, 2.75) is 13.5 Å². The summed E-state index contributed by atoms with van der Waals surface area (Å²) >= 11 is 0. The number of carbonyl (C=O) groups excluding carboxylic acids is 1. The molecule has 0 bridgehead atoms. The number of hydrogen-bond acceptors (Lipinski definition) is 5. The Kier molecular flexibility index (Phi) is 5.70. The number of aryl methyl sites for hydroxylation is 1. The van der Waals surface area contributed by atoms with Gasteiger partial charge in [0.2, 0.25) is 0 Å². The lowest BCUT2D eigenvalue weighted by molar-refractivity contribution is 0.0950. The van der Waals surface area contributed by atoms with Crippen LogP contribution in [0.1, 0.15) is 27.4 Å². The molecule has 2 aromatic carbocycles. The van der Waals surface area contributed by atoms with E-state index in [9.17, 15) is 4.79 Å². The van der Waals surface area contributed by atoms with Crippen molar-refractivity contribution >= 4 is 12.1 Å². The minimum atomic E-state index is -0.394. The first-order valence-electron chi connectivity index (χ1n) is 9.38. The molecule has 0 radical (unpaired) electrons. The van der Waals surface area contributed by atoms with Crippen molar-refractivity contribution in [3.63, 3.8) is 0 Å². The number of furan rings is 1. The van der Waals surface area contributed by atoms with E-state index in [0.717, 1.165) is 16.9 Å². The van der Waals surface area contributed by atoms with Gasteiger partial charge in [-0.3, -0.25) is 9.89 Å². The van der Waals surface area contributed by atoms with E-state index in [0.29, 0.717) is 23.8 Å². The summed E-state index contributed by atoms with van der Waals surface area (Å²) in [5.41, 5.74) is 6.59. The van der Waals surface area contributed by atoms with Gasteiger partial charge in [-0.05, 0) is 55.0 Å². The number of hydrazone groups is 1. The van der Waals surface area contributed by atoms with Crippen molar-refractivity contribution < 1.29 is 13.9 Å².